The van der Waals surface area contributed by atoms with Gasteiger partial charge in [-0.2, -0.15) is 11.8 Å². The maximum atomic E-state index is 11.8. The number of rotatable bonds is 4. The normalized spacial score (nSPS) is 19.5. The number of ether oxygens (including phenoxy) is 1. The smallest absolute Gasteiger partial charge is 0.358 e. The third-order valence-corrected chi connectivity index (χ3v) is 5.52. The molecular formula is C13H20N2O2S2. The average molecular weight is 300 g/mol. The fourth-order valence-corrected chi connectivity index (χ4v) is 4.16. The van der Waals surface area contributed by atoms with Gasteiger partial charge in [0.1, 0.15) is 0 Å². The van der Waals surface area contributed by atoms with E-state index in [4.69, 9.17) is 4.74 Å². The minimum absolute atomic E-state index is 0.305. The number of hydrogen-bond donors (Lipinski definition) is 0. The van der Waals surface area contributed by atoms with Crippen LogP contribution in [0.15, 0.2) is 0 Å². The second-order valence-corrected chi connectivity index (χ2v) is 7.06. The van der Waals surface area contributed by atoms with Crippen LogP contribution in [0.2, 0.25) is 0 Å². The molecule has 1 fully saturated rings. The number of anilines is 1. The molecule has 0 N–H and O–H groups in total. The first-order valence-corrected chi connectivity index (χ1v) is 8.53. The number of thiazole rings is 1. The van der Waals surface area contributed by atoms with Crippen molar-refractivity contribution in [3.05, 3.63) is 10.6 Å². The highest BCUT2D eigenvalue weighted by Gasteiger charge is 2.24. The molecule has 1 aromatic rings. The van der Waals surface area contributed by atoms with E-state index in [1.165, 1.54) is 6.42 Å². The fraction of sp³-hybridized carbons (Fsp3) is 0.692. The van der Waals surface area contributed by atoms with Gasteiger partial charge in [0.15, 0.2) is 10.8 Å². The first-order valence-electron chi connectivity index (χ1n) is 6.66. The molecule has 2 rings (SSSR count). The number of hydrogen-bond acceptors (Lipinski definition) is 6. The van der Waals surface area contributed by atoms with Gasteiger partial charge >= 0.3 is 5.97 Å². The summed E-state index contributed by atoms with van der Waals surface area (Å²) in [5, 5.41) is 1.63. The lowest BCUT2D eigenvalue weighted by molar-refractivity contribution is 0.0519. The number of carbonyl (C=O) groups is 1. The van der Waals surface area contributed by atoms with Crippen molar-refractivity contribution in [2.75, 3.05) is 30.3 Å². The third-order valence-electron chi connectivity index (χ3n) is 3.12. The van der Waals surface area contributed by atoms with Crippen molar-refractivity contribution in [3.63, 3.8) is 0 Å². The average Bonchev–Trinajstić information content (AvgIpc) is 2.81. The van der Waals surface area contributed by atoms with Crippen LogP contribution in [0.5, 0.6) is 0 Å². The van der Waals surface area contributed by atoms with Crippen molar-refractivity contribution in [2.45, 2.75) is 32.4 Å². The summed E-state index contributed by atoms with van der Waals surface area (Å²) >= 11 is 3.62. The van der Waals surface area contributed by atoms with Crippen molar-refractivity contribution >= 4 is 34.2 Å². The number of carbonyl (C=O) groups excluding carboxylic acids is 1. The van der Waals surface area contributed by atoms with Gasteiger partial charge in [0.05, 0.1) is 6.61 Å². The van der Waals surface area contributed by atoms with Crippen LogP contribution in [0.3, 0.4) is 0 Å². The lowest BCUT2D eigenvalue weighted by atomic mass is 10.3. The molecule has 1 atom stereocenters. The van der Waals surface area contributed by atoms with Crippen molar-refractivity contribution < 1.29 is 9.53 Å². The summed E-state index contributed by atoms with van der Waals surface area (Å²) in [7, 11) is 0. The maximum Gasteiger partial charge on any atom is 0.358 e. The molecule has 0 aliphatic carbocycles. The second-order valence-electron chi connectivity index (χ2n) is 4.47. The predicted molar refractivity (Wildman–Crippen MR) is 81.6 cm³/mol. The molecule has 4 nitrogen and oxygen atoms in total. The Bertz CT molecular complexity index is 448. The Morgan fingerprint density at radius 1 is 1.53 bits per heavy atom. The third kappa shape index (κ3) is 3.42. The zero-order valence-corrected chi connectivity index (χ0v) is 13.3. The lowest BCUT2D eigenvalue weighted by Crippen LogP contribution is -2.37. The zero-order valence-electron chi connectivity index (χ0n) is 11.6. The molecule has 2 heterocycles. The summed E-state index contributed by atoms with van der Waals surface area (Å²) in [5.74, 6) is 0.826. The highest BCUT2D eigenvalue weighted by molar-refractivity contribution is 8.00. The van der Waals surface area contributed by atoms with Crippen molar-refractivity contribution in [1.29, 1.82) is 0 Å². The molecule has 0 spiro atoms. The van der Waals surface area contributed by atoms with E-state index in [-0.39, 0.29) is 5.97 Å². The van der Waals surface area contributed by atoms with Crippen molar-refractivity contribution in [2.24, 2.45) is 0 Å². The van der Waals surface area contributed by atoms with Gasteiger partial charge < -0.3 is 9.64 Å². The SMILES string of the molecule is CCOC(=O)c1nc(N2CCSC(CC)C2)sc1C. The first-order chi connectivity index (χ1) is 9.15. The lowest BCUT2D eigenvalue weighted by Gasteiger charge is -2.31. The fourth-order valence-electron chi connectivity index (χ4n) is 2.05. The van der Waals surface area contributed by atoms with Crippen molar-refractivity contribution in [1.82, 2.24) is 4.98 Å². The van der Waals surface area contributed by atoms with Crippen molar-refractivity contribution in [3.8, 4) is 0 Å². The van der Waals surface area contributed by atoms with E-state index in [0.29, 0.717) is 17.6 Å². The molecule has 1 aromatic heterocycles. The van der Waals surface area contributed by atoms with Gasteiger partial charge in [-0.05, 0) is 20.3 Å². The number of aromatic nitrogens is 1. The Kier molecular flexibility index (Phi) is 5.10. The summed E-state index contributed by atoms with van der Waals surface area (Å²) in [5.41, 5.74) is 0.480. The highest BCUT2D eigenvalue weighted by atomic mass is 32.2. The molecule has 0 amide bonds. The van der Waals surface area contributed by atoms with Gasteiger partial charge in [-0.15, -0.1) is 11.3 Å². The molecule has 19 heavy (non-hydrogen) atoms. The van der Waals surface area contributed by atoms with E-state index in [1.807, 2.05) is 25.6 Å². The van der Waals surface area contributed by atoms with Crippen LogP contribution in [-0.4, -0.2) is 41.7 Å². The second kappa shape index (κ2) is 6.61. The Morgan fingerprint density at radius 3 is 3.00 bits per heavy atom. The number of aryl methyl sites for hydroxylation is 1. The van der Waals surface area contributed by atoms with Gasteiger partial charge in [0, 0.05) is 29.0 Å². The Morgan fingerprint density at radius 2 is 2.32 bits per heavy atom. The summed E-state index contributed by atoms with van der Waals surface area (Å²) in [4.78, 5) is 19.5. The van der Waals surface area contributed by atoms with E-state index in [2.05, 4.69) is 16.8 Å². The molecule has 6 heteroatoms. The molecule has 1 aliphatic heterocycles. The zero-order chi connectivity index (χ0) is 13.8. The largest absolute Gasteiger partial charge is 0.461 e. The molecule has 0 aromatic carbocycles. The standard InChI is InChI=1S/C13H20N2O2S2/c1-4-10-8-15(6-7-18-10)13-14-11(9(3)19-13)12(16)17-5-2/h10H,4-8H2,1-3H3. The van der Waals surface area contributed by atoms with Crippen LogP contribution in [-0.2, 0) is 4.74 Å². The minimum atomic E-state index is -0.305. The Hall–Kier alpha value is -0.750. The molecule has 0 bridgehead atoms. The molecule has 1 aliphatic rings. The van der Waals surface area contributed by atoms with Gasteiger partial charge in [-0.3, -0.25) is 0 Å². The summed E-state index contributed by atoms with van der Waals surface area (Å²) in [6.45, 7) is 8.39. The predicted octanol–water partition coefficient (Wildman–Crippen LogP) is 2.96. The van der Waals surface area contributed by atoms with E-state index < -0.39 is 0 Å². The molecule has 0 saturated carbocycles. The monoisotopic (exact) mass is 300 g/mol. The van der Waals surface area contributed by atoms with Crippen LogP contribution in [0.25, 0.3) is 0 Å². The molecular weight excluding hydrogens is 280 g/mol. The minimum Gasteiger partial charge on any atom is -0.461 e. The Balaban J connectivity index is 2.13. The molecule has 0 radical (unpaired) electrons. The summed E-state index contributed by atoms with van der Waals surface area (Å²) in [6, 6.07) is 0. The van der Waals surface area contributed by atoms with Gasteiger partial charge in [0.2, 0.25) is 0 Å². The quantitative estimate of drug-likeness (QED) is 0.800. The van der Waals surface area contributed by atoms with Crippen LogP contribution < -0.4 is 4.90 Å². The maximum absolute atomic E-state index is 11.8. The van der Waals surface area contributed by atoms with E-state index in [1.54, 1.807) is 11.3 Å². The Labute approximate surface area is 122 Å². The number of esters is 1. The van der Waals surface area contributed by atoms with Crippen LogP contribution in [0, 0.1) is 6.92 Å². The summed E-state index contributed by atoms with van der Waals surface area (Å²) < 4.78 is 5.03. The highest BCUT2D eigenvalue weighted by Crippen LogP contribution is 2.30. The van der Waals surface area contributed by atoms with E-state index in [0.717, 1.165) is 28.9 Å². The topological polar surface area (TPSA) is 42.4 Å². The van der Waals surface area contributed by atoms with Crippen LogP contribution in [0.1, 0.15) is 35.6 Å². The van der Waals surface area contributed by atoms with Gasteiger partial charge in [0.25, 0.3) is 0 Å². The number of thioether (sulfide) groups is 1. The van der Waals surface area contributed by atoms with Gasteiger partial charge in [-0.1, -0.05) is 6.92 Å². The molecule has 106 valence electrons. The first kappa shape index (κ1) is 14.7. The van der Waals surface area contributed by atoms with Crippen LogP contribution in [0.4, 0.5) is 5.13 Å². The molecule has 1 unspecified atom stereocenters. The van der Waals surface area contributed by atoms with Crippen LogP contribution >= 0.6 is 23.1 Å². The molecule has 1 saturated heterocycles. The van der Waals surface area contributed by atoms with E-state index >= 15 is 0 Å². The summed E-state index contributed by atoms with van der Waals surface area (Å²) in [6.07, 6.45) is 1.18. The van der Waals surface area contributed by atoms with E-state index in [9.17, 15) is 4.79 Å². The van der Waals surface area contributed by atoms with Gasteiger partial charge in [-0.25, -0.2) is 9.78 Å². The number of nitrogens with zero attached hydrogens (tertiary/aromatic N) is 2.